The summed E-state index contributed by atoms with van der Waals surface area (Å²) in [6.45, 7) is 0.430. The van der Waals surface area contributed by atoms with Crippen LogP contribution in [0.15, 0.2) is 17.1 Å². The molecular formula is C23H31N3O8. The lowest BCUT2D eigenvalue weighted by atomic mass is 10.0. The third-order valence-corrected chi connectivity index (χ3v) is 6.26. The molecule has 34 heavy (non-hydrogen) atoms. The van der Waals surface area contributed by atoms with E-state index in [0.29, 0.717) is 24.2 Å². The molecule has 4 rings (SSSR count). The largest absolute Gasteiger partial charge is 0.490 e. The molecule has 5 atom stereocenters. The fourth-order valence-corrected chi connectivity index (χ4v) is 4.40. The van der Waals surface area contributed by atoms with Crippen LogP contribution in [0.25, 0.3) is 0 Å². The number of primary amides is 1. The molecule has 2 amide bonds. The minimum atomic E-state index is -1.37. The highest BCUT2D eigenvalue weighted by Gasteiger charge is 2.39. The highest BCUT2D eigenvalue weighted by Crippen LogP contribution is 2.39. The zero-order valence-electron chi connectivity index (χ0n) is 18.8. The summed E-state index contributed by atoms with van der Waals surface area (Å²) >= 11 is 0. The number of amides is 2. The summed E-state index contributed by atoms with van der Waals surface area (Å²) < 4.78 is 17.3. The van der Waals surface area contributed by atoms with Gasteiger partial charge in [0.1, 0.15) is 6.10 Å². The maximum absolute atomic E-state index is 13.3. The van der Waals surface area contributed by atoms with Gasteiger partial charge in [0.2, 0.25) is 12.2 Å². The maximum Gasteiger partial charge on any atom is 0.256 e. The minimum Gasteiger partial charge on any atom is -0.490 e. The second-order valence-electron chi connectivity index (χ2n) is 8.79. The average Bonchev–Trinajstić information content (AvgIpc) is 2.96. The van der Waals surface area contributed by atoms with Gasteiger partial charge in [-0.05, 0) is 31.7 Å². The van der Waals surface area contributed by atoms with Crippen LogP contribution in [0.1, 0.15) is 48.9 Å². The van der Waals surface area contributed by atoms with Crippen molar-refractivity contribution in [1.29, 1.82) is 0 Å². The lowest BCUT2D eigenvalue weighted by Crippen LogP contribution is -2.51. The number of aliphatic hydroxyl groups is 3. The van der Waals surface area contributed by atoms with E-state index in [1.165, 1.54) is 6.07 Å². The number of benzene rings is 1. The van der Waals surface area contributed by atoms with Gasteiger partial charge >= 0.3 is 0 Å². The van der Waals surface area contributed by atoms with Gasteiger partial charge in [0.15, 0.2) is 11.5 Å². The van der Waals surface area contributed by atoms with Crippen molar-refractivity contribution in [2.45, 2.75) is 69.2 Å². The van der Waals surface area contributed by atoms with Crippen molar-refractivity contribution in [2.24, 2.45) is 10.7 Å². The third-order valence-electron chi connectivity index (χ3n) is 6.26. The van der Waals surface area contributed by atoms with E-state index in [9.17, 15) is 24.9 Å². The monoisotopic (exact) mass is 477 g/mol. The zero-order chi connectivity index (χ0) is 24.2. The molecule has 3 aliphatic heterocycles. The molecule has 0 aromatic heterocycles. The number of hydrogen-bond donors (Lipinski definition) is 4. The first-order valence-corrected chi connectivity index (χ1v) is 11.6. The Bertz CT molecular complexity index is 939. The van der Waals surface area contributed by atoms with Crippen LogP contribution in [0.5, 0.6) is 11.5 Å². The third kappa shape index (κ3) is 5.33. The normalized spacial score (nSPS) is 28.6. The summed E-state index contributed by atoms with van der Waals surface area (Å²) in [4.78, 5) is 30.7. The van der Waals surface area contributed by atoms with Crippen LogP contribution in [0.4, 0.5) is 5.69 Å². The van der Waals surface area contributed by atoms with E-state index in [2.05, 4.69) is 4.99 Å². The number of aliphatic imine (C=N–C) groups is 1. The second kappa shape index (κ2) is 10.7. The molecule has 1 aromatic carbocycles. The van der Waals surface area contributed by atoms with Crippen molar-refractivity contribution >= 4 is 23.7 Å². The second-order valence-corrected chi connectivity index (χ2v) is 8.79. The summed E-state index contributed by atoms with van der Waals surface area (Å²) in [5.74, 6) is -0.270. The molecule has 11 heteroatoms. The Balaban J connectivity index is 1.64. The van der Waals surface area contributed by atoms with E-state index in [4.69, 9.17) is 19.9 Å². The molecule has 2 saturated heterocycles. The van der Waals surface area contributed by atoms with Crippen LogP contribution < -0.4 is 15.2 Å². The minimum absolute atomic E-state index is 0.0573. The lowest BCUT2D eigenvalue weighted by Gasteiger charge is -2.36. The summed E-state index contributed by atoms with van der Waals surface area (Å²) in [7, 11) is 0. The van der Waals surface area contributed by atoms with Crippen LogP contribution in [0.3, 0.4) is 0 Å². The lowest BCUT2D eigenvalue weighted by molar-refractivity contribution is -0.241. The number of nitrogens with two attached hydrogens (primary N) is 1. The van der Waals surface area contributed by atoms with Crippen molar-refractivity contribution in [3.63, 3.8) is 0 Å². The molecule has 5 N–H and O–H groups in total. The highest BCUT2D eigenvalue weighted by atomic mass is 16.7. The van der Waals surface area contributed by atoms with Crippen LogP contribution in [0, 0.1) is 0 Å². The number of fused-ring (bicyclic) bond motifs is 2. The number of ether oxygens (including phenoxy) is 3. The molecule has 0 spiro atoms. The van der Waals surface area contributed by atoms with Gasteiger partial charge in [-0.3, -0.25) is 14.6 Å². The molecule has 186 valence electrons. The SMILES string of the molecule is NC(=O)CCCOc1cc2c(cc1O[C@@H]1O[C@H](CO)C[C@H](O)[C@H]1O)C(=O)N1CCCC[C@H]1C=N2. The van der Waals surface area contributed by atoms with Gasteiger partial charge in [-0.25, -0.2) is 0 Å². The number of rotatable bonds is 8. The zero-order valence-corrected chi connectivity index (χ0v) is 18.8. The summed E-state index contributed by atoms with van der Waals surface area (Å²) in [6, 6.07) is 3.00. The number of hydrogen-bond acceptors (Lipinski definition) is 9. The molecule has 0 unspecified atom stereocenters. The standard InChI is InChI=1S/C23H31N3O8/c24-20(29)5-3-7-32-18-10-16-15(22(31)26-6-2-1-4-13(26)11-25-16)9-19(18)34-23-21(30)17(28)8-14(12-27)33-23/h9-11,13-14,17,21,23,27-28,30H,1-8,12H2,(H2,24,29)/t13-,14-,17-,21+,23-/m0/s1. The van der Waals surface area contributed by atoms with Gasteiger partial charge in [0.05, 0.1) is 42.7 Å². The summed E-state index contributed by atoms with van der Waals surface area (Å²) in [5, 5.41) is 30.0. The molecule has 0 radical (unpaired) electrons. The van der Waals surface area contributed by atoms with E-state index >= 15 is 0 Å². The molecule has 3 heterocycles. The topological polar surface area (TPSA) is 164 Å². The Morgan fingerprint density at radius 1 is 1.26 bits per heavy atom. The van der Waals surface area contributed by atoms with E-state index in [1.54, 1.807) is 17.2 Å². The number of piperidine rings is 1. The first-order chi connectivity index (χ1) is 16.4. The highest BCUT2D eigenvalue weighted by molar-refractivity contribution is 6.03. The van der Waals surface area contributed by atoms with E-state index in [-0.39, 0.29) is 49.5 Å². The molecule has 11 nitrogen and oxygen atoms in total. The molecule has 3 aliphatic rings. The van der Waals surface area contributed by atoms with Crippen LogP contribution in [0.2, 0.25) is 0 Å². The Morgan fingerprint density at radius 3 is 2.85 bits per heavy atom. The number of nitrogens with zero attached hydrogens (tertiary/aromatic N) is 2. The first-order valence-electron chi connectivity index (χ1n) is 11.6. The quantitative estimate of drug-likeness (QED) is 0.387. The molecule has 2 fully saturated rings. The Kier molecular flexibility index (Phi) is 7.67. The van der Waals surface area contributed by atoms with Crippen molar-refractivity contribution in [3.8, 4) is 11.5 Å². The van der Waals surface area contributed by atoms with Gasteiger partial charge in [0.25, 0.3) is 5.91 Å². The maximum atomic E-state index is 13.3. The number of carbonyl (C=O) groups excluding carboxylic acids is 2. The van der Waals surface area contributed by atoms with Gasteiger partial charge in [-0.2, -0.15) is 0 Å². The molecular weight excluding hydrogens is 446 g/mol. The van der Waals surface area contributed by atoms with E-state index < -0.39 is 30.5 Å². The van der Waals surface area contributed by atoms with Crippen LogP contribution in [-0.4, -0.2) is 88.7 Å². The number of aliphatic hydroxyl groups excluding tert-OH is 3. The predicted molar refractivity (Wildman–Crippen MR) is 120 cm³/mol. The van der Waals surface area contributed by atoms with Crippen LogP contribution >= 0.6 is 0 Å². The van der Waals surface area contributed by atoms with Gasteiger partial charge in [-0.1, -0.05) is 0 Å². The summed E-state index contributed by atoms with van der Waals surface area (Å²) in [5.41, 5.74) is 5.94. The van der Waals surface area contributed by atoms with E-state index in [1.807, 2.05) is 0 Å². The van der Waals surface area contributed by atoms with Crippen molar-refractivity contribution in [1.82, 2.24) is 4.90 Å². The predicted octanol–water partition coefficient (Wildman–Crippen LogP) is 0.249. The van der Waals surface area contributed by atoms with Crippen LogP contribution in [-0.2, 0) is 9.53 Å². The van der Waals surface area contributed by atoms with Gasteiger partial charge in [-0.15, -0.1) is 0 Å². The van der Waals surface area contributed by atoms with E-state index in [0.717, 1.165) is 19.3 Å². The number of carbonyl (C=O) groups is 2. The van der Waals surface area contributed by atoms with Gasteiger partial charge < -0.3 is 40.2 Å². The molecule has 0 saturated carbocycles. The van der Waals surface area contributed by atoms with Crippen molar-refractivity contribution < 1.29 is 39.1 Å². The first kappa shape index (κ1) is 24.4. The Morgan fingerprint density at radius 2 is 2.09 bits per heavy atom. The molecule has 1 aromatic rings. The Labute approximate surface area is 197 Å². The van der Waals surface area contributed by atoms with Crippen molar-refractivity contribution in [3.05, 3.63) is 17.7 Å². The average molecular weight is 478 g/mol. The molecule has 0 aliphatic carbocycles. The fourth-order valence-electron chi connectivity index (χ4n) is 4.40. The smallest absolute Gasteiger partial charge is 0.256 e. The fraction of sp³-hybridized carbons (Fsp3) is 0.609. The molecule has 0 bridgehead atoms. The van der Waals surface area contributed by atoms with Gasteiger partial charge in [0, 0.05) is 31.7 Å². The van der Waals surface area contributed by atoms with Crippen molar-refractivity contribution in [2.75, 3.05) is 19.8 Å². The Hall–Kier alpha value is -2.73. The summed E-state index contributed by atoms with van der Waals surface area (Å²) in [6.07, 6.45) is 0.582.